The number of methoxy groups -OCH3 is 1. The van der Waals surface area contributed by atoms with Gasteiger partial charge in [-0.1, -0.05) is 6.92 Å². The van der Waals surface area contributed by atoms with E-state index >= 15 is 0 Å². The van der Waals surface area contributed by atoms with Crippen LogP contribution in [0.3, 0.4) is 0 Å². The molecule has 0 N–H and O–H groups in total. The van der Waals surface area contributed by atoms with E-state index in [0.29, 0.717) is 21.8 Å². The number of Topliss-reactive ketones (excluding diaryl/α,β-unsaturated/α-hetero) is 1. The first-order valence-electron chi connectivity index (χ1n) is 6.39. The van der Waals surface area contributed by atoms with Crippen LogP contribution >= 0.6 is 11.3 Å². The lowest BCUT2D eigenvalue weighted by Crippen LogP contribution is -2.07. The summed E-state index contributed by atoms with van der Waals surface area (Å²) in [4.78, 5) is 26.0. The molecule has 0 bridgehead atoms. The Hall–Kier alpha value is -1.94. The zero-order chi connectivity index (χ0) is 14.7. The van der Waals surface area contributed by atoms with Crippen molar-refractivity contribution in [2.75, 3.05) is 7.11 Å². The highest BCUT2D eigenvalue weighted by Gasteiger charge is 2.18. The summed E-state index contributed by atoms with van der Waals surface area (Å²) in [6.45, 7) is 3.51. The highest BCUT2D eigenvalue weighted by molar-refractivity contribution is 7.14. The number of ether oxygens (including phenoxy) is 1. The molecular weight excluding hydrogens is 272 g/mol. The molecule has 2 rings (SSSR count). The quantitative estimate of drug-likeness (QED) is 0.787. The predicted octanol–water partition coefficient (Wildman–Crippen LogP) is 3.75. The van der Waals surface area contributed by atoms with Crippen molar-refractivity contribution in [3.63, 3.8) is 0 Å². The Morgan fingerprint density at radius 2 is 1.90 bits per heavy atom. The van der Waals surface area contributed by atoms with Crippen molar-refractivity contribution >= 4 is 22.9 Å². The Kier molecular flexibility index (Phi) is 4.35. The summed E-state index contributed by atoms with van der Waals surface area (Å²) in [5.41, 5.74) is 0.837. The van der Waals surface area contributed by atoms with E-state index in [2.05, 4.69) is 0 Å². The molecule has 0 aliphatic heterocycles. The highest BCUT2D eigenvalue weighted by Crippen LogP contribution is 2.25. The fourth-order valence-electron chi connectivity index (χ4n) is 1.97. The lowest BCUT2D eigenvalue weighted by molar-refractivity contribution is 0.0991. The van der Waals surface area contributed by atoms with Gasteiger partial charge in [-0.15, -0.1) is 11.3 Å². The van der Waals surface area contributed by atoms with Crippen LogP contribution in [0.25, 0.3) is 0 Å². The number of aryl methyl sites for hydroxylation is 1. The molecule has 0 aliphatic carbocycles. The Labute approximate surface area is 122 Å². The predicted molar refractivity (Wildman–Crippen MR) is 80.1 cm³/mol. The third-order valence-corrected chi connectivity index (χ3v) is 4.31. The molecule has 20 heavy (non-hydrogen) atoms. The normalized spacial score (nSPS) is 10.3. The number of hydrogen-bond acceptors (Lipinski definition) is 4. The first-order chi connectivity index (χ1) is 9.56. The van der Waals surface area contributed by atoms with Crippen LogP contribution in [0, 0.1) is 0 Å². The molecule has 0 radical (unpaired) electrons. The topological polar surface area (TPSA) is 43.4 Å². The van der Waals surface area contributed by atoms with Crippen molar-refractivity contribution in [2.24, 2.45) is 0 Å². The molecule has 3 nitrogen and oxygen atoms in total. The Morgan fingerprint density at radius 3 is 2.45 bits per heavy atom. The SMILES string of the molecule is CCc1ccc(C(=O)c2cc(OC)ccc2C(C)=O)s1. The van der Waals surface area contributed by atoms with Gasteiger partial charge < -0.3 is 4.74 Å². The van der Waals surface area contributed by atoms with E-state index in [9.17, 15) is 9.59 Å². The van der Waals surface area contributed by atoms with Crippen LogP contribution in [0.5, 0.6) is 5.75 Å². The summed E-state index contributed by atoms with van der Waals surface area (Å²) in [7, 11) is 1.54. The monoisotopic (exact) mass is 288 g/mol. The number of hydrogen-bond donors (Lipinski definition) is 0. The number of carbonyl (C=O) groups excluding carboxylic acids is 2. The van der Waals surface area contributed by atoms with Gasteiger partial charge in [-0.05, 0) is 43.7 Å². The van der Waals surface area contributed by atoms with Gasteiger partial charge in [0.15, 0.2) is 5.78 Å². The van der Waals surface area contributed by atoms with Crippen LogP contribution in [0.2, 0.25) is 0 Å². The van der Waals surface area contributed by atoms with E-state index in [-0.39, 0.29) is 11.6 Å². The van der Waals surface area contributed by atoms with Crippen molar-refractivity contribution < 1.29 is 14.3 Å². The Morgan fingerprint density at radius 1 is 1.15 bits per heavy atom. The third kappa shape index (κ3) is 2.80. The van der Waals surface area contributed by atoms with Crippen molar-refractivity contribution in [1.82, 2.24) is 0 Å². The average molecular weight is 288 g/mol. The van der Waals surface area contributed by atoms with Crippen LogP contribution in [-0.4, -0.2) is 18.7 Å². The van der Waals surface area contributed by atoms with Gasteiger partial charge in [-0.2, -0.15) is 0 Å². The molecule has 4 heteroatoms. The van der Waals surface area contributed by atoms with E-state index in [1.807, 2.05) is 19.1 Å². The molecule has 104 valence electrons. The minimum atomic E-state index is -0.126. The zero-order valence-electron chi connectivity index (χ0n) is 11.7. The summed E-state index contributed by atoms with van der Waals surface area (Å²) in [5.74, 6) is 0.327. The molecule has 1 heterocycles. The van der Waals surface area contributed by atoms with Crippen molar-refractivity contribution in [3.05, 3.63) is 51.2 Å². The van der Waals surface area contributed by atoms with Crippen molar-refractivity contribution in [1.29, 1.82) is 0 Å². The van der Waals surface area contributed by atoms with E-state index in [0.717, 1.165) is 11.3 Å². The number of rotatable bonds is 5. The zero-order valence-corrected chi connectivity index (χ0v) is 12.5. The molecule has 0 unspecified atom stereocenters. The van der Waals surface area contributed by atoms with Crippen LogP contribution in [0.4, 0.5) is 0 Å². The number of thiophene rings is 1. The second-order valence-electron chi connectivity index (χ2n) is 4.42. The van der Waals surface area contributed by atoms with Gasteiger partial charge in [0.2, 0.25) is 5.78 Å². The number of carbonyl (C=O) groups is 2. The maximum Gasteiger partial charge on any atom is 0.203 e. The minimum Gasteiger partial charge on any atom is -0.497 e. The molecule has 0 spiro atoms. The first kappa shape index (κ1) is 14.5. The Bertz CT molecular complexity index is 655. The number of ketones is 2. The lowest BCUT2D eigenvalue weighted by atomic mass is 9.99. The molecule has 0 atom stereocenters. The lowest BCUT2D eigenvalue weighted by Gasteiger charge is -2.07. The highest BCUT2D eigenvalue weighted by atomic mass is 32.1. The maximum absolute atomic E-state index is 12.6. The van der Waals surface area contributed by atoms with Crippen LogP contribution in [0.15, 0.2) is 30.3 Å². The standard InChI is InChI=1S/C16H16O3S/c1-4-12-6-8-15(20-12)16(18)14-9-11(19-3)5-7-13(14)10(2)17/h5-9H,4H2,1-3H3. The van der Waals surface area contributed by atoms with E-state index in [1.165, 1.54) is 25.4 Å². The smallest absolute Gasteiger partial charge is 0.203 e. The van der Waals surface area contributed by atoms with Gasteiger partial charge in [0.25, 0.3) is 0 Å². The van der Waals surface area contributed by atoms with E-state index < -0.39 is 0 Å². The molecule has 2 aromatic rings. The molecule has 0 saturated heterocycles. The minimum absolute atomic E-state index is 0.122. The molecule has 0 saturated carbocycles. The molecule has 1 aromatic carbocycles. The van der Waals surface area contributed by atoms with Gasteiger partial charge in [-0.3, -0.25) is 9.59 Å². The second kappa shape index (κ2) is 6.01. The molecule has 0 fully saturated rings. The second-order valence-corrected chi connectivity index (χ2v) is 5.58. The number of benzene rings is 1. The van der Waals surface area contributed by atoms with E-state index in [4.69, 9.17) is 4.74 Å². The first-order valence-corrected chi connectivity index (χ1v) is 7.20. The molecule has 0 aliphatic rings. The fraction of sp³-hybridized carbons (Fsp3) is 0.250. The summed E-state index contributed by atoms with van der Waals surface area (Å²) in [6, 6.07) is 8.73. The summed E-state index contributed by atoms with van der Waals surface area (Å²) < 4.78 is 5.14. The van der Waals surface area contributed by atoms with Gasteiger partial charge in [0.05, 0.1) is 12.0 Å². The van der Waals surface area contributed by atoms with Crippen LogP contribution in [-0.2, 0) is 6.42 Å². The molecule has 1 aromatic heterocycles. The average Bonchev–Trinajstić information content (AvgIpc) is 2.94. The van der Waals surface area contributed by atoms with Gasteiger partial charge >= 0.3 is 0 Å². The van der Waals surface area contributed by atoms with Gasteiger partial charge in [0.1, 0.15) is 5.75 Å². The van der Waals surface area contributed by atoms with Gasteiger partial charge in [0, 0.05) is 16.0 Å². The van der Waals surface area contributed by atoms with Crippen LogP contribution < -0.4 is 4.74 Å². The fourth-order valence-corrected chi connectivity index (χ4v) is 2.87. The molecule has 0 amide bonds. The third-order valence-electron chi connectivity index (χ3n) is 3.08. The summed E-state index contributed by atoms with van der Waals surface area (Å²) in [6.07, 6.45) is 0.898. The van der Waals surface area contributed by atoms with Crippen molar-refractivity contribution in [3.8, 4) is 5.75 Å². The van der Waals surface area contributed by atoms with E-state index in [1.54, 1.807) is 18.2 Å². The summed E-state index contributed by atoms with van der Waals surface area (Å²) >= 11 is 1.47. The maximum atomic E-state index is 12.6. The van der Waals surface area contributed by atoms with Gasteiger partial charge in [-0.25, -0.2) is 0 Å². The van der Waals surface area contributed by atoms with Crippen molar-refractivity contribution in [2.45, 2.75) is 20.3 Å². The van der Waals surface area contributed by atoms with Crippen LogP contribution in [0.1, 0.15) is 44.3 Å². The summed E-state index contributed by atoms with van der Waals surface area (Å²) in [5, 5.41) is 0. The largest absolute Gasteiger partial charge is 0.497 e. The Balaban J connectivity index is 2.49. The molecular formula is C16H16O3S.